The van der Waals surface area contributed by atoms with Gasteiger partial charge < -0.3 is 5.32 Å². The Labute approximate surface area is 111 Å². The maximum absolute atomic E-state index is 11.8. The number of carbonyl (C=O) groups is 3. The zero-order valence-corrected chi connectivity index (χ0v) is 11.2. The lowest BCUT2D eigenvalue weighted by molar-refractivity contribution is -0.117. The fraction of sp³-hybridized carbons (Fsp3) is 0.357. The van der Waals surface area contributed by atoms with Crippen molar-refractivity contribution >= 4 is 23.4 Å². The van der Waals surface area contributed by atoms with E-state index in [1.807, 2.05) is 20.8 Å². The molecule has 0 aromatic heterocycles. The third kappa shape index (κ3) is 2.99. The van der Waals surface area contributed by atoms with E-state index in [-0.39, 0.29) is 11.3 Å². The number of imide groups is 1. The van der Waals surface area contributed by atoms with E-state index >= 15 is 0 Å². The van der Waals surface area contributed by atoms with E-state index in [2.05, 4.69) is 10.6 Å². The SMILES string of the molecule is CC(C)(C)CC(=O)Nc1ccc2c(c1)C(=O)NC2=O. The van der Waals surface area contributed by atoms with Crippen LogP contribution in [-0.4, -0.2) is 17.7 Å². The first-order valence-electron chi connectivity index (χ1n) is 6.06. The Morgan fingerprint density at radius 3 is 2.42 bits per heavy atom. The van der Waals surface area contributed by atoms with Crippen molar-refractivity contribution in [3.8, 4) is 0 Å². The fourth-order valence-electron chi connectivity index (χ4n) is 1.93. The molecule has 2 N–H and O–H groups in total. The molecule has 19 heavy (non-hydrogen) atoms. The van der Waals surface area contributed by atoms with Gasteiger partial charge >= 0.3 is 0 Å². The van der Waals surface area contributed by atoms with Crippen LogP contribution in [0.1, 0.15) is 47.9 Å². The van der Waals surface area contributed by atoms with Gasteiger partial charge in [-0.25, -0.2) is 0 Å². The molecule has 5 nitrogen and oxygen atoms in total. The van der Waals surface area contributed by atoms with Gasteiger partial charge in [-0.05, 0) is 23.6 Å². The molecule has 1 heterocycles. The first-order valence-corrected chi connectivity index (χ1v) is 6.06. The van der Waals surface area contributed by atoms with Crippen molar-refractivity contribution in [2.24, 2.45) is 5.41 Å². The fourth-order valence-corrected chi connectivity index (χ4v) is 1.93. The summed E-state index contributed by atoms with van der Waals surface area (Å²) >= 11 is 0. The average Bonchev–Trinajstić information content (AvgIpc) is 2.51. The highest BCUT2D eigenvalue weighted by atomic mass is 16.2. The van der Waals surface area contributed by atoms with Gasteiger partial charge in [-0.3, -0.25) is 19.7 Å². The van der Waals surface area contributed by atoms with Crippen LogP contribution in [0.15, 0.2) is 18.2 Å². The minimum absolute atomic E-state index is 0.103. The molecule has 1 aromatic carbocycles. The predicted octanol–water partition coefficient (Wildman–Crippen LogP) is 1.94. The van der Waals surface area contributed by atoms with Gasteiger partial charge in [-0.2, -0.15) is 0 Å². The number of amides is 3. The normalized spacial score (nSPS) is 14.1. The second kappa shape index (κ2) is 4.50. The first-order chi connectivity index (χ1) is 8.76. The largest absolute Gasteiger partial charge is 0.326 e. The summed E-state index contributed by atoms with van der Waals surface area (Å²) in [5.41, 5.74) is 1.07. The first kappa shape index (κ1) is 13.3. The van der Waals surface area contributed by atoms with Crippen LogP contribution in [0.4, 0.5) is 5.69 Å². The molecule has 0 spiro atoms. The van der Waals surface area contributed by atoms with E-state index in [9.17, 15) is 14.4 Å². The maximum atomic E-state index is 11.8. The molecule has 0 bridgehead atoms. The molecule has 0 unspecified atom stereocenters. The molecule has 1 aliphatic heterocycles. The minimum atomic E-state index is -0.424. The second-order valence-corrected chi connectivity index (χ2v) is 5.83. The van der Waals surface area contributed by atoms with Crippen LogP contribution in [0, 0.1) is 5.41 Å². The van der Waals surface area contributed by atoms with Crippen molar-refractivity contribution in [2.75, 3.05) is 5.32 Å². The molecular formula is C14H16N2O3. The van der Waals surface area contributed by atoms with Crippen LogP contribution in [0.2, 0.25) is 0 Å². The molecule has 0 saturated heterocycles. The van der Waals surface area contributed by atoms with Crippen molar-refractivity contribution in [3.63, 3.8) is 0 Å². The van der Waals surface area contributed by atoms with Crippen molar-refractivity contribution in [2.45, 2.75) is 27.2 Å². The topological polar surface area (TPSA) is 75.3 Å². The summed E-state index contributed by atoms with van der Waals surface area (Å²) in [7, 11) is 0. The summed E-state index contributed by atoms with van der Waals surface area (Å²) in [6.45, 7) is 5.92. The molecule has 2 rings (SSSR count). The van der Waals surface area contributed by atoms with Gasteiger partial charge in [0.1, 0.15) is 0 Å². The lowest BCUT2D eigenvalue weighted by Gasteiger charge is -2.17. The van der Waals surface area contributed by atoms with Crippen LogP contribution in [-0.2, 0) is 4.79 Å². The van der Waals surface area contributed by atoms with Gasteiger partial charge in [0.2, 0.25) is 5.91 Å². The van der Waals surface area contributed by atoms with E-state index in [0.717, 1.165) is 0 Å². The molecule has 100 valence electrons. The van der Waals surface area contributed by atoms with Crippen molar-refractivity contribution in [3.05, 3.63) is 29.3 Å². The lowest BCUT2D eigenvalue weighted by Crippen LogP contribution is -2.20. The highest BCUT2D eigenvalue weighted by molar-refractivity contribution is 6.22. The quantitative estimate of drug-likeness (QED) is 0.798. The lowest BCUT2D eigenvalue weighted by atomic mass is 9.92. The van der Waals surface area contributed by atoms with Crippen LogP contribution in [0.5, 0.6) is 0 Å². The second-order valence-electron chi connectivity index (χ2n) is 5.83. The van der Waals surface area contributed by atoms with Crippen molar-refractivity contribution in [1.29, 1.82) is 0 Å². The van der Waals surface area contributed by atoms with Gasteiger partial charge in [0.15, 0.2) is 0 Å². The molecule has 3 amide bonds. The van der Waals surface area contributed by atoms with Gasteiger partial charge in [0, 0.05) is 12.1 Å². The summed E-state index contributed by atoms with van der Waals surface area (Å²) in [5, 5.41) is 4.94. The summed E-state index contributed by atoms with van der Waals surface area (Å²) in [5.74, 6) is -0.934. The smallest absolute Gasteiger partial charge is 0.259 e. The Morgan fingerprint density at radius 2 is 1.79 bits per heavy atom. The zero-order valence-electron chi connectivity index (χ0n) is 11.2. The van der Waals surface area contributed by atoms with Crippen molar-refractivity contribution in [1.82, 2.24) is 5.32 Å². The highest BCUT2D eigenvalue weighted by Crippen LogP contribution is 2.22. The van der Waals surface area contributed by atoms with E-state index in [0.29, 0.717) is 23.2 Å². The Kier molecular flexibility index (Phi) is 3.14. The molecule has 1 aliphatic rings. The average molecular weight is 260 g/mol. The summed E-state index contributed by atoms with van der Waals surface area (Å²) in [6, 6.07) is 4.69. The zero-order chi connectivity index (χ0) is 14.2. The van der Waals surface area contributed by atoms with E-state index in [1.165, 1.54) is 6.07 Å². The molecule has 0 radical (unpaired) electrons. The van der Waals surface area contributed by atoms with Crippen LogP contribution >= 0.6 is 0 Å². The third-order valence-electron chi connectivity index (χ3n) is 2.71. The standard InChI is InChI=1S/C14H16N2O3/c1-14(2,3)7-11(17)15-8-4-5-9-10(6-8)13(19)16-12(9)18/h4-6H,7H2,1-3H3,(H,15,17)(H,16,18,19). The van der Waals surface area contributed by atoms with Crippen LogP contribution in [0.3, 0.4) is 0 Å². The number of hydrogen-bond acceptors (Lipinski definition) is 3. The summed E-state index contributed by atoms with van der Waals surface area (Å²) in [6.07, 6.45) is 0.384. The molecular weight excluding hydrogens is 244 g/mol. The molecule has 0 atom stereocenters. The molecule has 5 heteroatoms. The van der Waals surface area contributed by atoms with E-state index in [1.54, 1.807) is 12.1 Å². The van der Waals surface area contributed by atoms with Gasteiger partial charge in [0.25, 0.3) is 11.8 Å². The monoisotopic (exact) mass is 260 g/mol. The number of carbonyl (C=O) groups excluding carboxylic acids is 3. The van der Waals surface area contributed by atoms with Gasteiger partial charge in [-0.1, -0.05) is 20.8 Å². The number of anilines is 1. The predicted molar refractivity (Wildman–Crippen MR) is 70.9 cm³/mol. The van der Waals surface area contributed by atoms with E-state index in [4.69, 9.17) is 0 Å². The minimum Gasteiger partial charge on any atom is -0.326 e. The van der Waals surface area contributed by atoms with Gasteiger partial charge in [-0.15, -0.1) is 0 Å². The summed E-state index contributed by atoms with van der Waals surface area (Å²) < 4.78 is 0. The number of nitrogens with one attached hydrogen (secondary N) is 2. The Bertz CT molecular complexity index is 571. The third-order valence-corrected chi connectivity index (χ3v) is 2.71. The molecule has 1 aromatic rings. The number of rotatable bonds is 2. The maximum Gasteiger partial charge on any atom is 0.259 e. The molecule has 0 aliphatic carbocycles. The molecule has 0 saturated carbocycles. The number of hydrogen-bond donors (Lipinski definition) is 2. The Balaban J connectivity index is 2.16. The number of benzene rings is 1. The van der Waals surface area contributed by atoms with Crippen molar-refractivity contribution < 1.29 is 14.4 Å². The Morgan fingerprint density at radius 1 is 1.16 bits per heavy atom. The Hall–Kier alpha value is -2.17. The van der Waals surface area contributed by atoms with E-state index < -0.39 is 11.8 Å². The van der Waals surface area contributed by atoms with Crippen LogP contribution in [0.25, 0.3) is 0 Å². The van der Waals surface area contributed by atoms with Crippen LogP contribution < -0.4 is 10.6 Å². The number of fused-ring (bicyclic) bond motifs is 1. The molecule has 0 fully saturated rings. The van der Waals surface area contributed by atoms with Gasteiger partial charge in [0.05, 0.1) is 11.1 Å². The highest BCUT2D eigenvalue weighted by Gasteiger charge is 2.27. The summed E-state index contributed by atoms with van der Waals surface area (Å²) in [4.78, 5) is 34.7.